The number of thioether (sulfide) groups is 1. The van der Waals surface area contributed by atoms with E-state index in [-0.39, 0.29) is 17.7 Å². The maximum atomic E-state index is 11.8. The van der Waals surface area contributed by atoms with Crippen LogP contribution < -0.4 is 5.32 Å². The quantitative estimate of drug-likeness (QED) is 0.859. The molecule has 2 rings (SSSR count). The Morgan fingerprint density at radius 1 is 1.50 bits per heavy atom. The zero-order chi connectivity index (χ0) is 14.5. The van der Waals surface area contributed by atoms with Gasteiger partial charge in [-0.05, 0) is 26.0 Å². The van der Waals surface area contributed by atoms with Crippen LogP contribution in [-0.4, -0.2) is 31.4 Å². The number of amides is 1. The van der Waals surface area contributed by atoms with Crippen molar-refractivity contribution in [3.8, 4) is 0 Å². The molecule has 0 saturated heterocycles. The van der Waals surface area contributed by atoms with Crippen LogP contribution in [0.3, 0.4) is 0 Å². The van der Waals surface area contributed by atoms with Gasteiger partial charge in [-0.25, -0.2) is 4.98 Å². The lowest BCUT2D eigenvalue weighted by molar-refractivity contribution is -0.113. The van der Waals surface area contributed by atoms with Crippen molar-refractivity contribution < 1.29 is 4.79 Å². The van der Waals surface area contributed by atoms with E-state index in [2.05, 4.69) is 20.5 Å². The molecule has 0 aliphatic rings. The van der Waals surface area contributed by atoms with E-state index in [1.165, 1.54) is 18.0 Å². The van der Waals surface area contributed by atoms with Crippen molar-refractivity contribution in [1.82, 2.24) is 19.7 Å². The molecule has 0 aliphatic carbocycles. The Morgan fingerprint density at radius 2 is 2.30 bits per heavy atom. The monoisotopic (exact) mass is 311 g/mol. The Kier molecular flexibility index (Phi) is 4.97. The molecule has 0 fully saturated rings. The van der Waals surface area contributed by atoms with Crippen LogP contribution in [0.4, 0.5) is 5.82 Å². The molecule has 2 aromatic rings. The summed E-state index contributed by atoms with van der Waals surface area (Å²) in [5, 5.41) is 11.8. The van der Waals surface area contributed by atoms with Gasteiger partial charge in [0.1, 0.15) is 12.1 Å². The second-order valence-corrected chi connectivity index (χ2v) is 5.69. The highest BCUT2D eigenvalue weighted by atomic mass is 35.5. The first-order valence-electron chi connectivity index (χ1n) is 6.00. The molecule has 20 heavy (non-hydrogen) atoms. The zero-order valence-corrected chi connectivity index (χ0v) is 12.6. The van der Waals surface area contributed by atoms with E-state index in [9.17, 15) is 4.79 Å². The van der Waals surface area contributed by atoms with E-state index in [0.29, 0.717) is 10.8 Å². The van der Waals surface area contributed by atoms with Crippen molar-refractivity contribution in [1.29, 1.82) is 0 Å². The number of hydrogen-bond donors (Lipinski definition) is 1. The third-order valence-electron chi connectivity index (χ3n) is 2.42. The summed E-state index contributed by atoms with van der Waals surface area (Å²) in [5.74, 6) is 0.573. The highest BCUT2D eigenvalue weighted by molar-refractivity contribution is 7.99. The van der Waals surface area contributed by atoms with Gasteiger partial charge >= 0.3 is 0 Å². The molecule has 0 aromatic carbocycles. The van der Waals surface area contributed by atoms with E-state index in [1.54, 1.807) is 18.5 Å². The number of anilines is 1. The van der Waals surface area contributed by atoms with Gasteiger partial charge < -0.3 is 9.88 Å². The number of carbonyl (C=O) groups is 1. The average Bonchev–Trinajstić information content (AvgIpc) is 2.88. The molecule has 2 heterocycles. The number of hydrogen-bond acceptors (Lipinski definition) is 5. The van der Waals surface area contributed by atoms with Gasteiger partial charge in [0.05, 0.1) is 10.8 Å². The SMILES string of the molecule is CC(C)n1cnnc1SCC(=O)Nc1ccc(Cl)cn1. The van der Waals surface area contributed by atoms with Crippen LogP contribution in [0.15, 0.2) is 29.8 Å². The molecule has 106 valence electrons. The zero-order valence-electron chi connectivity index (χ0n) is 11.1. The van der Waals surface area contributed by atoms with E-state index in [4.69, 9.17) is 11.6 Å². The Labute approximate surface area is 125 Å². The molecule has 1 N–H and O–H groups in total. The molecule has 0 spiro atoms. The topological polar surface area (TPSA) is 72.7 Å². The summed E-state index contributed by atoms with van der Waals surface area (Å²) < 4.78 is 1.92. The largest absolute Gasteiger partial charge is 0.310 e. The predicted molar refractivity (Wildman–Crippen MR) is 79.0 cm³/mol. The minimum atomic E-state index is -0.150. The van der Waals surface area contributed by atoms with Gasteiger partial charge in [-0.15, -0.1) is 10.2 Å². The predicted octanol–water partition coefficient (Wildman–Crippen LogP) is 2.64. The van der Waals surface area contributed by atoms with Gasteiger partial charge in [-0.3, -0.25) is 4.79 Å². The maximum absolute atomic E-state index is 11.8. The molecule has 0 bridgehead atoms. The first-order chi connectivity index (χ1) is 9.56. The van der Waals surface area contributed by atoms with Crippen LogP contribution in [-0.2, 0) is 4.79 Å². The van der Waals surface area contributed by atoms with Gasteiger partial charge in [0.2, 0.25) is 5.91 Å². The highest BCUT2D eigenvalue weighted by Gasteiger charge is 2.11. The van der Waals surface area contributed by atoms with Crippen LogP contribution in [0.25, 0.3) is 0 Å². The van der Waals surface area contributed by atoms with Crippen molar-refractivity contribution in [2.45, 2.75) is 25.0 Å². The molecule has 1 amide bonds. The molecule has 0 aliphatic heterocycles. The van der Waals surface area contributed by atoms with E-state index in [0.717, 1.165) is 5.16 Å². The molecule has 0 radical (unpaired) electrons. The first kappa shape index (κ1) is 14.8. The van der Waals surface area contributed by atoms with Crippen LogP contribution in [0, 0.1) is 0 Å². The first-order valence-corrected chi connectivity index (χ1v) is 7.36. The number of rotatable bonds is 5. The Bertz CT molecular complexity index is 584. The lowest BCUT2D eigenvalue weighted by atomic mass is 10.4. The van der Waals surface area contributed by atoms with Crippen LogP contribution in [0.5, 0.6) is 0 Å². The Hall–Kier alpha value is -1.60. The molecule has 0 unspecified atom stereocenters. The summed E-state index contributed by atoms with van der Waals surface area (Å²) >= 11 is 7.06. The Balaban J connectivity index is 1.89. The van der Waals surface area contributed by atoms with E-state index in [1.807, 2.05) is 18.4 Å². The molecule has 6 nitrogen and oxygen atoms in total. The van der Waals surface area contributed by atoms with Gasteiger partial charge in [0.15, 0.2) is 5.16 Å². The number of nitrogens with zero attached hydrogens (tertiary/aromatic N) is 4. The Morgan fingerprint density at radius 3 is 2.95 bits per heavy atom. The summed E-state index contributed by atoms with van der Waals surface area (Å²) in [4.78, 5) is 15.8. The third kappa shape index (κ3) is 3.94. The normalized spacial score (nSPS) is 10.8. The minimum absolute atomic E-state index is 0.150. The summed E-state index contributed by atoms with van der Waals surface area (Å²) in [6.07, 6.45) is 3.14. The highest BCUT2D eigenvalue weighted by Crippen LogP contribution is 2.19. The van der Waals surface area contributed by atoms with Gasteiger partial charge in [0, 0.05) is 12.2 Å². The van der Waals surface area contributed by atoms with Crippen LogP contribution in [0.1, 0.15) is 19.9 Å². The summed E-state index contributed by atoms with van der Waals surface area (Å²) in [5.41, 5.74) is 0. The van der Waals surface area contributed by atoms with Gasteiger partial charge in [0.25, 0.3) is 0 Å². The average molecular weight is 312 g/mol. The lowest BCUT2D eigenvalue weighted by Gasteiger charge is -2.09. The smallest absolute Gasteiger partial charge is 0.236 e. The maximum Gasteiger partial charge on any atom is 0.236 e. The summed E-state index contributed by atoms with van der Waals surface area (Å²) in [6, 6.07) is 3.59. The van der Waals surface area contributed by atoms with Gasteiger partial charge in [-0.2, -0.15) is 0 Å². The van der Waals surface area contributed by atoms with Crippen molar-refractivity contribution in [2.24, 2.45) is 0 Å². The standard InChI is InChI=1S/C12H14ClN5OS/c1-8(2)18-7-15-17-12(18)20-6-11(19)16-10-4-3-9(13)5-14-10/h3-5,7-8H,6H2,1-2H3,(H,14,16,19). The second-order valence-electron chi connectivity index (χ2n) is 4.31. The van der Waals surface area contributed by atoms with Crippen LogP contribution >= 0.6 is 23.4 Å². The number of nitrogens with one attached hydrogen (secondary N) is 1. The fourth-order valence-electron chi connectivity index (χ4n) is 1.45. The van der Waals surface area contributed by atoms with E-state index >= 15 is 0 Å². The minimum Gasteiger partial charge on any atom is -0.310 e. The second kappa shape index (κ2) is 6.71. The number of aromatic nitrogens is 4. The summed E-state index contributed by atoms with van der Waals surface area (Å²) in [6.45, 7) is 4.07. The van der Waals surface area contributed by atoms with Gasteiger partial charge in [-0.1, -0.05) is 23.4 Å². The molecular weight excluding hydrogens is 298 g/mol. The van der Waals surface area contributed by atoms with Crippen molar-refractivity contribution in [3.63, 3.8) is 0 Å². The summed E-state index contributed by atoms with van der Waals surface area (Å²) in [7, 11) is 0. The van der Waals surface area contributed by atoms with Crippen molar-refractivity contribution in [2.75, 3.05) is 11.1 Å². The number of carbonyl (C=O) groups excluding carboxylic acids is 1. The number of pyridine rings is 1. The molecule has 0 atom stereocenters. The molecular formula is C12H14ClN5OS. The van der Waals surface area contributed by atoms with Crippen molar-refractivity contribution in [3.05, 3.63) is 29.7 Å². The molecule has 0 saturated carbocycles. The van der Waals surface area contributed by atoms with Crippen LogP contribution in [0.2, 0.25) is 5.02 Å². The van der Waals surface area contributed by atoms with E-state index < -0.39 is 0 Å². The molecule has 8 heteroatoms. The number of halogens is 1. The third-order valence-corrected chi connectivity index (χ3v) is 3.60. The fourth-order valence-corrected chi connectivity index (χ4v) is 2.40. The fraction of sp³-hybridized carbons (Fsp3) is 0.333. The molecule has 2 aromatic heterocycles. The lowest BCUT2D eigenvalue weighted by Crippen LogP contribution is -2.15. The van der Waals surface area contributed by atoms with Crippen molar-refractivity contribution >= 4 is 35.1 Å².